The second kappa shape index (κ2) is 8.15. The topological polar surface area (TPSA) is 64.7 Å². The standard InChI is InChI=1S/C26H23N5O/c1-18-9-8-12-21(15-18)25(32)28-24-16-19(2)29-31(24)26-27-22-13-6-7-14-23(22)30(26)17-20-10-4-3-5-11-20/h3-16H,17H2,1-2H3,(H,28,32). The monoisotopic (exact) mass is 421 g/mol. The molecule has 6 heteroatoms. The zero-order chi connectivity index (χ0) is 22.1. The fourth-order valence-electron chi connectivity index (χ4n) is 3.86. The number of hydrogen-bond donors (Lipinski definition) is 1. The minimum absolute atomic E-state index is 0.180. The summed E-state index contributed by atoms with van der Waals surface area (Å²) in [5.74, 6) is 1.06. The molecule has 0 aliphatic heterocycles. The van der Waals surface area contributed by atoms with Crippen LogP contribution in [0.2, 0.25) is 0 Å². The largest absolute Gasteiger partial charge is 0.306 e. The van der Waals surface area contributed by atoms with Gasteiger partial charge in [0, 0.05) is 11.6 Å². The first kappa shape index (κ1) is 19.8. The van der Waals surface area contributed by atoms with Gasteiger partial charge in [0.25, 0.3) is 5.91 Å². The van der Waals surface area contributed by atoms with Crippen molar-refractivity contribution < 1.29 is 4.79 Å². The van der Waals surface area contributed by atoms with E-state index in [2.05, 4.69) is 33.2 Å². The molecular weight excluding hydrogens is 398 g/mol. The quantitative estimate of drug-likeness (QED) is 0.427. The number of para-hydroxylation sites is 2. The number of benzene rings is 3. The molecule has 1 N–H and O–H groups in total. The van der Waals surface area contributed by atoms with E-state index in [4.69, 9.17) is 4.98 Å². The highest BCUT2D eigenvalue weighted by Gasteiger charge is 2.19. The molecule has 0 unspecified atom stereocenters. The van der Waals surface area contributed by atoms with Gasteiger partial charge in [0.05, 0.1) is 23.3 Å². The first-order chi connectivity index (χ1) is 15.6. The molecule has 0 aliphatic rings. The van der Waals surface area contributed by atoms with E-state index in [9.17, 15) is 4.79 Å². The second-order valence-corrected chi connectivity index (χ2v) is 7.88. The van der Waals surface area contributed by atoms with Crippen molar-refractivity contribution in [2.24, 2.45) is 0 Å². The van der Waals surface area contributed by atoms with Gasteiger partial charge in [0.2, 0.25) is 5.95 Å². The summed E-state index contributed by atoms with van der Waals surface area (Å²) in [6.07, 6.45) is 0. The van der Waals surface area contributed by atoms with Crippen LogP contribution in [0.3, 0.4) is 0 Å². The Labute approximate surface area is 186 Å². The van der Waals surface area contributed by atoms with Gasteiger partial charge in [-0.3, -0.25) is 4.79 Å². The molecule has 0 spiro atoms. The lowest BCUT2D eigenvalue weighted by molar-refractivity contribution is 0.102. The molecule has 0 atom stereocenters. The molecule has 2 heterocycles. The minimum Gasteiger partial charge on any atom is -0.306 e. The van der Waals surface area contributed by atoms with Crippen molar-refractivity contribution >= 4 is 22.8 Å². The van der Waals surface area contributed by atoms with Gasteiger partial charge in [-0.2, -0.15) is 9.78 Å². The van der Waals surface area contributed by atoms with Crippen LogP contribution in [-0.2, 0) is 6.54 Å². The number of anilines is 1. The minimum atomic E-state index is -0.180. The SMILES string of the molecule is Cc1cccc(C(=O)Nc2cc(C)nn2-c2nc3ccccc3n2Cc2ccccc2)c1. The van der Waals surface area contributed by atoms with Crippen LogP contribution in [0.25, 0.3) is 17.0 Å². The number of rotatable bonds is 5. The number of carbonyl (C=O) groups is 1. The summed E-state index contributed by atoms with van der Waals surface area (Å²) in [5.41, 5.74) is 5.48. The normalized spacial score (nSPS) is 11.1. The maximum absolute atomic E-state index is 12.9. The summed E-state index contributed by atoms with van der Waals surface area (Å²) in [4.78, 5) is 17.8. The number of amides is 1. The molecule has 3 aromatic carbocycles. The Hall–Kier alpha value is -4.19. The lowest BCUT2D eigenvalue weighted by Gasteiger charge is -2.12. The number of aromatic nitrogens is 4. The van der Waals surface area contributed by atoms with E-state index in [1.165, 1.54) is 0 Å². The average Bonchev–Trinajstić information content (AvgIpc) is 3.34. The Balaban J connectivity index is 1.59. The van der Waals surface area contributed by atoms with E-state index >= 15 is 0 Å². The van der Waals surface area contributed by atoms with E-state index in [0.717, 1.165) is 27.9 Å². The van der Waals surface area contributed by atoms with Gasteiger partial charge in [-0.05, 0) is 43.7 Å². The van der Waals surface area contributed by atoms with Gasteiger partial charge in [-0.15, -0.1) is 0 Å². The Kier molecular flexibility index (Phi) is 5.03. The molecule has 2 aromatic heterocycles. The van der Waals surface area contributed by atoms with E-state index in [1.54, 1.807) is 10.7 Å². The van der Waals surface area contributed by atoms with Crippen LogP contribution in [0, 0.1) is 13.8 Å². The van der Waals surface area contributed by atoms with Gasteiger partial charge in [0.15, 0.2) is 0 Å². The summed E-state index contributed by atoms with van der Waals surface area (Å²) in [5, 5.41) is 7.68. The van der Waals surface area contributed by atoms with Crippen LogP contribution in [0.1, 0.15) is 27.2 Å². The van der Waals surface area contributed by atoms with Crippen molar-refractivity contribution in [3.63, 3.8) is 0 Å². The van der Waals surface area contributed by atoms with Crippen LogP contribution in [0.4, 0.5) is 5.82 Å². The fraction of sp³-hybridized carbons (Fsp3) is 0.115. The lowest BCUT2D eigenvalue weighted by atomic mass is 10.1. The molecule has 5 aromatic rings. The van der Waals surface area contributed by atoms with Gasteiger partial charge in [-0.25, -0.2) is 4.98 Å². The van der Waals surface area contributed by atoms with E-state index in [1.807, 2.05) is 74.5 Å². The molecule has 0 radical (unpaired) electrons. The lowest BCUT2D eigenvalue weighted by Crippen LogP contribution is -2.17. The summed E-state index contributed by atoms with van der Waals surface area (Å²) in [6, 6.07) is 27.6. The van der Waals surface area contributed by atoms with Crippen molar-refractivity contribution in [1.82, 2.24) is 19.3 Å². The molecule has 1 amide bonds. The molecule has 0 fully saturated rings. The number of nitrogens with one attached hydrogen (secondary N) is 1. The molecule has 6 nitrogen and oxygen atoms in total. The first-order valence-corrected chi connectivity index (χ1v) is 10.5. The molecule has 0 bridgehead atoms. The van der Waals surface area contributed by atoms with Gasteiger partial charge < -0.3 is 9.88 Å². The van der Waals surface area contributed by atoms with Crippen LogP contribution in [0.5, 0.6) is 0 Å². The van der Waals surface area contributed by atoms with Crippen molar-refractivity contribution in [1.29, 1.82) is 0 Å². The molecular formula is C26H23N5O. The van der Waals surface area contributed by atoms with Gasteiger partial charge in [0.1, 0.15) is 5.82 Å². The van der Waals surface area contributed by atoms with E-state index < -0.39 is 0 Å². The number of nitrogens with zero attached hydrogens (tertiary/aromatic N) is 4. The van der Waals surface area contributed by atoms with Gasteiger partial charge >= 0.3 is 0 Å². The highest BCUT2D eigenvalue weighted by molar-refractivity contribution is 6.04. The summed E-state index contributed by atoms with van der Waals surface area (Å²) in [7, 11) is 0. The van der Waals surface area contributed by atoms with Crippen molar-refractivity contribution in [3.8, 4) is 5.95 Å². The van der Waals surface area contributed by atoms with Gasteiger partial charge in [-0.1, -0.05) is 60.2 Å². The van der Waals surface area contributed by atoms with Crippen molar-refractivity contribution in [2.75, 3.05) is 5.32 Å². The summed E-state index contributed by atoms with van der Waals surface area (Å²) < 4.78 is 3.84. The molecule has 32 heavy (non-hydrogen) atoms. The van der Waals surface area contributed by atoms with E-state index in [0.29, 0.717) is 23.9 Å². The Bertz CT molecular complexity index is 1410. The number of hydrogen-bond acceptors (Lipinski definition) is 3. The zero-order valence-corrected chi connectivity index (χ0v) is 18.0. The Morgan fingerprint density at radius 2 is 1.69 bits per heavy atom. The average molecular weight is 422 g/mol. The summed E-state index contributed by atoms with van der Waals surface area (Å²) in [6.45, 7) is 4.51. The second-order valence-electron chi connectivity index (χ2n) is 7.88. The van der Waals surface area contributed by atoms with Crippen molar-refractivity contribution in [2.45, 2.75) is 20.4 Å². The maximum Gasteiger partial charge on any atom is 0.256 e. The number of fused-ring (bicyclic) bond motifs is 1. The number of imidazole rings is 1. The molecule has 0 aliphatic carbocycles. The zero-order valence-electron chi connectivity index (χ0n) is 18.0. The third-order valence-corrected chi connectivity index (χ3v) is 5.36. The van der Waals surface area contributed by atoms with Crippen LogP contribution >= 0.6 is 0 Å². The molecule has 5 rings (SSSR count). The number of carbonyl (C=O) groups excluding carboxylic acids is 1. The third kappa shape index (κ3) is 3.78. The smallest absolute Gasteiger partial charge is 0.256 e. The maximum atomic E-state index is 12.9. The highest BCUT2D eigenvalue weighted by Crippen LogP contribution is 2.24. The number of aryl methyl sites for hydroxylation is 2. The van der Waals surface area contributed by atoms with E-state index in [-0.39, 0.29) is 5.91 Å². The fourth-order valence-corrected chi connectivity index (χ4v) is 3.86. The first-order valence-electron chi connectivity index (χ1n) is 10.5. The Morgan fingerprint density at radius 3 is 2.50 bits per heavy atom. The van der Waals surface area contributed by atoms with Crippen LogP contribution < -0.4 is 5.32 Å². The van der Waals surface area contributed by atoms with Crippen LogP contribution in [-0.4, -0.2) is 25.2 Å². The molecule has 0 saturated heterocycles. The predicted octanol–water partition coefficient (Wildman–Crippen LogP) is 5.14. The van der Waals surface area contributed by atoms with Crippen molar-refractivity contribution in [3.05, 3.63) is 107 Å². The summed E-state index contributed by atoms with van der Waals surface area (Å²) >= 11 is 0. The third-order valence-electron chi connectivity index (χ3n) is 5.36. The van der Waals surface area contributed by atoms with Crippen LogP contribution in [0.15, 0.2) is 84.9 Å². The molecule has 0 saturated carbocycles. The molecule has 158 valence electrons. The highest BCUT2D eigenvalue weighted by atomic mass is 16.1. The Morgan fingerprint density at radius 1 is 0.906 bits per heavy atom. The predicted molar refractivity (Wildman–Crippen MR) is 126 cm³/mol.